The van der Waals surface area contributed by atoms with Gasteiger partial charge in [0.15, 0.2) is 30.9 Å². The third-order valence-corrected chi connectivity index (χ3v) is 15.6. The minimum absolute atomic E-state index is 0.105. The van der Waals surface area contributed by atoms with E-state index in [1.54, 1.807) is 88.4 Å². The van der Waals surface area contributed by atoms with Gasteiger partial charge in [0.1, 0.15) is 17.4 Å². The molecule has 18 nitrogen and oxygen atoms in total. The number of likely N-dealkylation sites (N-methyl/N-ethyl adjacent to an activating group) is 1. The second-order valence-corrected chi connectivity index (χ2v) is 21.0. The molecule has 0 saturated carbocycles. The fraction of sp³-hybridized carbons (Fsp3) is 0.679. The Morgan fingerprint density at radius 3 is 1.86 bits per heavy atom. The highest BCUT2D eigenvalue weighted by Crippen LogP contribution is 2.51. The van der Waals surface area contributed by atoms with Crippen LogP contribution in [0.15, 0.2) is 60.7 Å². The van der Waals surface area contributed by atoms with E-state index in [9.17, 15) is 24.0 Å². The van der Waals surface area contributed by atoms with Crippen LogP contribution in [0.2, 0.25) is 0 Å². The maximum atomic E-state index is 15.9. The predicted molar refractivity (Wildman–Crippen MR) is 259 cm³/mol. The molecule has 2 unspecified atom stereocenters. The Bertz CT molecular complexity index is 2280. The first-order valence-electron chi connectivity index (χ1n) is 25.2. The third kappa shape index (κ3) is 11.6. The SMILES string of the molecule is CC[C@H]1OC(=O)[C@H](C)[C@@H](OC2C[C@@](C)(OC)[C@@H](OC(=O)c3ccccc3)[C@H](C)O2)[C@H](C)[C@@H](OC2O[C@H](C)C[C@H](N(C)C)[C@H]2OC(=O)c2ccccc2)[C@@](C)(OC)C[C@@H](C)C(=O)[C@H](C)[C@H]2N(N)C(=O)O[C@]12C(F)(F)F. The summed E-state index contributed by atoms with van der Waals surface area (Å²) in [6.45, 7) is 14.0. The molecule has 1 amide bonds. The minimum atomic E-state index is -5.43. The van der Waals surface area contributed by atoms with Gasteiger partial charge in [-0.25, -0.2) is 25.2 Å². The molecule has 4 aliphatic heterocycles. The van der Waals surface area contributed by atoms with Crippen molar-refractivity contribution in [2.24, 2.45) is 29.5 Å². The van der Waals surface area contributed by atoms with Crippen LogP contribution in [0.3, 0.4) is 0 Å². The van der Waals surface area contributed by atoms with Gasteiger partial charge < -0.3 is 52.3 Å². The van der Waals surface area contributed by atoms with Gasteiger partial charge >= 0.3 is 30.2 Å². The number of hydrogen-bond acceptors (Lipinski definition) is 17. The number of rotatable bonds is 12. The number of ketones is 1. The van der Waals surface area contributed by atoms with Crippen molar-refractivity contribution in [1.29, 1.82) is 0 Å². The number of Topliss-reactive ketones (excluding diaryl/α,β-unsaturated/α-hetero) is 1. The summed E-state index contributed by atoms with van der Waals surface area (Å²) in [5.74, 6) is -2.45. The van der Waals surface area contributed by atoms with E-state index in [-0.39, 0.29) is 29.0 Å². The number of hydrogen-bond donors (Lipinski definition) is 1. The standard InChI is InChI=1S/C53H74F3N3O15/c1-14-37-52(53(54,55)56)42(59(57)49(64)74-52)30(4)39(60)28(2)26-50(8,65-12)43(73-48-41(36(58(10)11)25-29(3)67-48)71-46(62)34-21-17-15-18-22-34)31(5)40(32(6)45(61)69-37)70-38-27-51(9,66-13)44(33(7)68-38)72-47(63)35-23-19-16-20-24-35/h15-24,28-33,36-38,40-44,48H,14,25-27,57H2,1-13H3/t28-,29-,30+,31+,32-,33+,36+,37-,38?,40+,41-,42-,43-,44+,48?,50+,51-,52-/m1/s1. The van der Waals surface area contributed by atoms with Crippen molar-refractivity contribution in [2.45, 2.75) is 178 Å². The molecule has 2 aromatic carbocycles. The molecular weight excluding hydrogens is 976 g/mol. The number of nitrogens with two attached hydrogens (primary N) is 1. The van der Waals surface area contributed by atoms with Gasteiger partial charge in [0.25, 0.3) is 5.60 Å². The number of benzene rings is 2. The number of esters is 3. The first kappa shape index (κ1) is 58.5. The zero-order valence-electron chi connectivity index (χ0n) is 44.5. The first-order chi connectivity index (χ1) is 34.7. The highest BCUT2D eigenvalue weighted by atomic mass is 19.4. The van der Waals surface area contributed by atoms with Crippen LogP contribution < -0.4 is 5.84 Å². The monoisotopic (exact) mass is 1050 g/mol. The third-order valence-electron chi connectivity index (χ3n) is 15.6. The maximum absolute atomic E-state index is 15.9. The molecule has 74 heavy (non-hydrogen) atoms. The van der Waals surface area contributed by atoms with Gasteiger partial charge in [0.05, 0.1) is 53.1 Å². The predicted octanol–water partition coefficient (Wildman–Crippen LogP) is 7.05. The van der Waals surface area contributed by atoms with Crippen molar-refractivity contribution in [2.75, 3.05) is 28.3 Å². The van der Waals surface area contributed by atoms with E-state index in [4.69, 9.17) is 53.2 Å². The fourth-order valence-corrected chi connectivity index (χ4v) is 11.4. The summed E-state index contributed by atoms with van der Waals surface area (Å²) in [6.07, 6.45) is -18.4. The number of methoxy groups -OCH3 is 2. The molecule has 0 bridgehead atoms. The Kier molecular flexibility index (Phi) is 18.4. The van der Waals surface area contributed by atoms with Gasteiger partial charge in [-0.2, -0.15) is 13.2 Å². The molecule has 0 radical (unpaired) electrons. The second-order valence-electron chi connectivity index (χ2n) is 21.0. The molecule has 0 spiro atoms. The molecule has 6 rings (SSSR count). The van der Waals surface area contributed by atoms with E-state index in [1.165, 1.54) is 41.9 Å². The van der Waals surface area contributed by atoms with Crippen LogP contribution in [0.4, 0.5) is 18.0 Å². The number of amides is 1. The summed E-state index contributed by atoms with van der Waals surface area (Å²) in [6, 6.07) is 14.0. The molecule has 412 valence electrons. The zero-order valence-corrected chi connectivity index (χ0v) is 44.5. The average molecular weight is 1050 g/mol. The normalized spacial score (nSPS) is 38.6. The van der Waals surface area contributed by atoms with Gasteiger partial charge in [0.2, 0.25) is 0 Å². The number of ether oxygens (including phenoxy) is 10. The van der Waals surface area contributed by atoms with Crippen molar-refractivity contribution in [3.63, 3.8) is 0 Å². The Hall–Kier alpha value is -4.74. The van der Waals surface area contributed by atoms with Crippen molar-refractivity contribution < 1.29 is 84.5 Å². The van der Waals surface area contributed by atoms with Gasteiger partial charge in [-0.1, -0.05) is 64.1 Å². The number of carbonyl (C=O) groups excluding carboxylic acids is 5. The minimum Gasteiger partial charge on any atom is -0.457 e. The molecule has 18 atom stereocenters. The zero-order chi connectivity index (χ0) is 54.8. The summed E-state index contributed by atoms with van der Waals surface area (Å²) in [4.78, 5) is 72.2. The number of hydrazine groups is 1. The van der Waals surface area contributed by atoms with Crippen molar-refractivity contribution >= 4 is 29.8 Å². The van der Waals surface area contributed by atoms with Crippen LogP contribution in [-0.2, 0) is 57.0 Å². The largest absolute Gasteiger partial charge is 0.457 e. The Morgan fingerprint density at radius 2 is 1.34 bits per heavy atom. The molecule has 4 fully saturated rings. The number of cyclic esters (lactones) is 1. The number of halogens is 3. The lowest BCUT2D eigenvalue weighted by Gasteiger charge is -2.50. The molecule has 2 N–H and O–H groups in total. The topological polar surface area (TPSA) is 210 Å². The van der Waals surface area contributed by atoms with Crippen LogP contribution in [0.25, 0.3) is 0 Å². The van der Waals surface area contributed by atoms with Crippen molar-refractivity contribution in [1.82, 2.24) is 9.91 Å². The van der Waals surface area contributed by atoms with Crippen LogP contribution in [0.5, 0.6) is 0 Å². The lowest BCUT2D eigenvalue weighted by Crippen LogP contribution is -2.67. The number of alkyl halides is 3. The smallest absolute Gasteiger partial charge is 0.434 e. The number of fused-ring (bicyclic) bond motifs is 1. The lowest BCUT2D eigenvalue weighted by molar-refractivity contribution is -0.319. The highest BCUT2D eigenvalue weighted by Gasteiger charge is 2.75. The van der Waals surface area contributed by atoms with Crippen LogP contribution >= 0.6 is 0 Å². The molecule has 0 aliphatic carbocycles. The van der Waals surface area contributed by atoms with Gasteiger partial charge in [-0.3, -0.25) is 9.59 Å². The van der Waals surface area contributed by atoms with Gasteiger partial charge in [0, 0.05) is 38.4 Å². The molecular formula is C53H74F3N3O15. The van der Waals surface area contributed by atoms with E-state index >= 15 is 13.2 Å². The quantitative estimate of drug-likeness (QED) is 0.0977. The average Bonchev–Trinajstić information content (AvgIpc) is 3.64. The summed E-state index contributed by atoms with van der Waals surface area (Å²) in [5, 5.41) is 0.238. The molecule has 21 heteroatoms. The first-order valence-corrected chi connectivity index (χ1v) is 25.2. The second kappa shape index (κ2) is 23.2. The Morgan fingerprint density at radius 1 is 0.784 bits per heavy atom. The maximum Gasteiger partial charge on any atom is 0.434 e. The molecule has 4 aliphatic rings. The molecule has 4 saturated heterocycles. The number of nitrogens with zero attached hydrogens (tertiary/aromatic N) is 2. The van der Waals surface area contributed by atoms with Crippen LogP contribution in [0.1, 0.15) is 109 Å². The van der Waals surface area contributed by atoms with E-state index in [2.05, 4.69) is 0 Å². The summed E-state index contributed by atoms with van der Waals surface area (Å²) in [5.41, 5.74) is -5.93. The van der Waals surface area contributed by atoms with Gasteiger partial charge in [-0.05, 0) is 92.2 Å². The summed E-state index contributed by atoms with van der Waals surface area (Å²) < 4.78 is 111. The molecule has 2 aromatic rings. The van der Waals surface area contributed by atoms with E-state index in [0.717, 1.165) is 0 Å². The van der Waals surface area contributed by atoms with Crippen LogP contribution in [0, 0.1) is 23.7 Å². The Balaban J connectivity index is 1.50. The molecule has 4 heterocycles. The summed E-state index contributed by atoms with van der Waals surface area (Å²) >= 11 is 0. The lowest BCUT2D eigenvalue weighted by atomic mass is 9.72. The van der Waals surface area contributed by atoms with E-state index in [0.29, 0.717) is 6.42 Å². The van der Waals surface area contributed by atoms with E-state index in [1.807, 2.05) is 25.9 Å². The summed E-state index contributed by atoms with van der Waals surface area (Å²) in [7, 11) is 6.46. The van der Waals surface area contributed by atoms with E-state index < -0.39 is 150 Å². The fourth-order valence-electron chi connectivity index (χ4n) is 11.4. The molecule has 0 aromatic heterocycles. The highest BCUT2D eigenvalue weighted by molar-refractivity contribution is 5.90. The number of carbonyl (C=O) groups is 5. The Labute approximate surface area is 431 Å². The van der Waals surface area contributed by atoms with Crippen molar-refractivity contribution in [3.8, 4) is 0 Å². The van der Waals surface area contributed by atoms with Crippen LogP contribution in [-0.4, -0.2) is 158 Å². The van der Waals surface area contributed by atoms with Gasteiger partial charge in [-0.15, -0.1) is 0 Å². The van der Waals surface area contributed by atoms with Crippen molar-refractivity contribution in [3.05, 3.63) is 71.8 Å².